The Labute approximate surface area is 197 Å². The molecule has 6 rings (SSSR count). The van der Waals surface area contributed by atoms with E-state index in [1.54, 1.807) is 0 Å². The molecule has 0 amide bonds. The van der Waals surface area contributed by atoms with E-state index < -0.39 is 0 Å². The number of nitrogens with one attached hydrogen (secondary N) is 3. The largest absolute Gasteiger partial charge is 0.382 e. The normalized spacial score (nSPS) is 11.5. The minimum Gasteiger partial charge on any atom is -0.382 e. The highest BCUT2D eigenvalue weighted by atomic mass is 15.1. The highest BCUT2D eigenvalue weighted by Gasteiger charge is 2.15. The fourth-order valence-electron chi connectivity index (χ4n) is 4.44. The summed E-state index contributed by atoms with van der Waals surface area (Å²) in [5.74, 6) is 0. The van der Waals surface area contributed by atoms with Gasteiger partial charge in [0.1, 0.15) is 5.69 Å². The topological polar surface area (TPSA) is 82.3 Å². The lowest BCUT2D eigenvalue weighted by Crippen LogP contribution is -2.09. The first-order chi connectivity index (χ1) is 16.7. The molecule has 3 N–H and O–H groups in total. The Morgan fingerprint density at radius 3 is 2.62 bits per heavy atom. The number of benzene rings is 2. The van der Waals surface area contributed by atoms with Crippen molar-refractivity contribution < 1.29 is 0 Å². The molecule has 0 saturated heterocycles. The van der Waals surface area contributed by atoms with Crippen LogP contribution in [0.5, 0.6) is 0 Å². The lowest BCUT2D eigenvalue weighted by molar-refractivity contribution is 0.898. The molecule has 0 fully saturated rings. The van der Waals surface area contributed by atoms with E-state index in [-0.39, 0.29) is 0 Å². The summed E-state index contributed by atoms with van der Waals surface area (Å²) in [5, 5.41) is 13.5. The van der Waals surface area contributed by atoms with Gasteiger partial charge in [-0.05, 0) is 61.9 Å². The smallest absolute Gasteiger partial charge is 0.116 e. The van der Waals surface area contributed by atoms with Crippen molar-refractivity contribution in [3.63, 3.8) is 0 Å². The van der Waals surface area contributed by atoms with E-state index in [1.807, 2.05) is 36.8 Å². The van der Waals surface area contributed by atoms with Gasteiger partial charge in [0.2, 0.25) is 0 Å². The highest BCUT2D eigenvalue weighted by molar-refractivity contribution is 6.01. The minimum absolute atomic E-state index is 0.345. The molecular weight excluding hydrogens is 420 g/mol. The van der Waals surface area contributed by atoms with Crippen LogP contribution in [0.2, 0.25) is 0 Å². The molecule has 6 aromatic rings. The molecule has 6 heteroatoms. The molecule has 2 aromatic carbocycles. The summed E-state index contributed by atoms with van der Waals surface area (Å²) in [5.41, 5.74) is 9.14. The third-order valence-corrected chi connectivity index (χ3v) is 5.95. The average molecular weight is 445 g/mol. The predicted octanol–water partition coefficient (Wildman–Crippen LogP) is 6.66. The number of nitrogens with zero attached hydrogens (tertiary/aromatic N) is 3. The predicted molar refractivity (Wildman–Crippen MR) is 139 cm³/mol. The molecule has 0 radical (unpaired) electrons. The second-order valence-electron chi connectivity index (χ2n) is 8.76. The molecule has 4 aromatic heterocycles. The fourth-order valence-corrected chi connectivity index (χ4v) is 4.44. The quantitative estimate of drug-likeness (QED) is 0.278. The number of aromatic nitrogens is 5. The molecule has 0 aliphatic rings. The van der Waals surface area contributed by atoms with Gasteiger partial charge in [-0.1, -0.05) is 24.3 Å². The van der Waals surface area contributed by atoms with Gasteiger partial charge in [0.05, 0.1) is 22.6 Å². The van der Waals surface area contributed by atoms with Crippen LogP contribution in [-0.2, 0) is 0 Å². The van der Waals surface area contributed by atoms with Gasteiger partial charge in [0.25, 0.3) is 0 Å². The van der Waals surface area contributed by atoms with Crippen molar-refractivity contribution in [2.24, 2.45) is 0 Å². The van der Waals surface area contributed by atoms with Gasteiger partial charge >= 0.3 is 0 Å². The molecule has 0 atom stereocenters. The zero-order chi connectivity index (χ0) is 23.1. The van der Waals surface area contributed by atoms with Gasteiger partial charge in [0, 0.05) is 52.0 Å². The lowest BCUT2D eigenvalue weighted by Gasteiger charge is -2.11. The molecule has 166 valence electrons. The lowest BCUT2D eigenvalue weighted by atomic mass is 10.0. The van der Waals surface area contributed by atoms with Crippen LogP contribution in [0.4, 0.5) is 5.69 Å². The Balaban J connectivity index is 1.45. The van der Waals surface area contributed by atoms with E-state index >= 15 is 0 Å². The molecule has 0 aliphatic heterocycles. The van der Waals surface area contributed by atoms with E-state index in [4.69, 9.17) is 0 Å². The SMILES string of the molecule is CC(C)Nc1cncc(-c2ccc3[nH]nc(-c4cc5c(-c6ccccn6)cccc5[nH]4)c3c2)c1. The Morgan fingerprint density at radius 2 is 1.76 bits per heavy atom. The van der Waals surface area contributed by atoms with Crippen LogP contribution in [-0.4, -0.2) is 31.2 Å². The number of pyridine rings is 2. The first-order valence-corrected chi connectivity index (χ1v) is 11.4. The van der Waals surface area contributed by atoms with Crippen LogP contribution in [0.1, 0.15) is 13.8 Å². The van der Waals surface area contributed by atoms with Crippen molar-refractivity contribution in [3.05, 3.63) is 85.3 Å². The summed E-state index contributed by atoms with van der Waals surface area (Å²) in [6, 6.07) is 23.2. The van der Waals surface area contributed by atoms with E-state index in [9.17, 15) is 0 Å². The van der Waals surface area contributed by atoms with E-state index in [1.165, 1.54) is 0 Å². The molecule has 0 aliphatic carbocycles. The second-order valence-corrected chi connectivity index (χ2v) is 8.76. The summed E-state index contributed by atoms with van der Waals surface area (Å²) >= 11 is 0. The minimum atomic E-state index is 0.345. The van der Waals surface area contributed by atoms with Gasteiger partial charge in [-0.3, -0.25) is 15.1 Å². The molecule has 6 nitrogen and oxygen atoms in total. The standard InChI is InChI=1S/C28H24N6/c1-17(2)31-20-12-19(15-29-16-20)18-9-10-26-23(13-18)28(34-33-26)27-14-22-21(6-5-8-25(22)32-27)24-7-3-4-11-30-24/h3-17,31-32H,1-2H3,(H,33,34). The van der Waals surface area contributed by atoms with Gasteiger partial charge < -0.3 is 10.3 Å². The maximum atomic E-state index is 4.66. The summed E-state index contributed by atoms with van der Waals surface area (Å²) in [4.78, 5) is 12.5. The van der Waals surface area contributed by atoms with Crippen LogP contribution in [0, 0.1) is 0 Å². The molecule has 0 bridgehead atoms. The number of aromatic amines is 2. The van der Waals surface area contributed by atoms with Crippen molar-refractivity contribution in [2.45, 2.75) is 19.9 Å². The van der Waals surface area contributed by atoms with Crippen LogP contribution >= 0.6 is 0 Å². The summed E-state index contributed by atoms with van der Waals surface area (Å²) in [7, 11) is 0. The molecule has 0 unspecified atom stereocenters. The van der Waals surface area contributed by atoms with Crippen molar-refractivity contribution in [2.75, 3.05) is 5.32 Å². The maximum Gasteiger partial charge on any atom is 0.116 e. The van der Waals surface area contributed by atoms with E-state index in [2.05, 4.69) is 92.8 Å². The molecule has 0 saturated carbocycles. The molecule has 4 heterocycles. The third kappa shape index (κ3) is 3.59. The van der Waals surface area contributed by atoms with Gasteiger partial charge in [-0.15, -0.1) is 0 Å². The summed E-state index contributed by atoms with van der Waals surface area (Å²) in [6.45, 7) is 4.24. The number of fused-ring (bicyclic) bond motifs is 2. The van der Waals surface area contributed by atoms with Crippen LogP contribution in [0.25, 0.3) is 55.6 Å². The Bertz CT molecular complexity index is 1610. The van der Waals surface area contributed by atoms with Crippen molar-refractivity contribution in [1.29, 1.82) is 0 Å². The second kappa shape index (κ2) is 8.15. The number of hydrogen-bond donors (Lipinski definition) is 3. The van der Waals surface area contributed by atoms with Crippen molar-refractivity contribution in [1.82, 2.24) is 25.1 Å². The van der Waals surface area contributed by atoms with Crippen molar-refractivity contribution >= 4 is 27.5 Å². The number of anilines is 1. The summed E-state index contributed by atoms with van der Waals surface area (Å²) < 4.78 is 0. The fraction of sp³-hybridized carbons (Fsp3) is 0.107. The first-order valence-electron chi connectivity index (χ1n) is 11.4. The number of hydrogen-bond acceptors (Lipinski definition) is 4. The van der Waals surface area contributed by atoms with Crippen LogP contribution in [0.15, 0.2) is 85.3 Å². The first kappa shape index (κ1) is 20.2. The molecule has 0 spiro atoms. The molecule has 34 heavy (non-hydrogen) atoms. The van der Waals surface area contributed by atoms with E-state index in [0.29, 0.717) is 6.04 Å². The number of rotatable bonds is 5. The van der Waals surface area contributed by atoms with Gasteiger partial charge in [0.15, 0.2) is 0 Å². The highest BCUT2D eigenvalue weighted by Crippen LogP contribution is 2.35. The maximum absolute atomic E-state index is 4.66. The summed E-state index contributed by atoms with van der Waals surface area (Å²) in [6.07, 6.45) is 5.58. The molecular formula is C28H24N6. The van der Waals surface area contributed by atoms with Gasteiger partial charge in [-0.2, -0.15) is 5.10 Å². The Kier molecular flexibility index (Phi) is 4.84. The Hall–Kier alpha value is -4.45. The number of H-pyrrole nitrogens is 2. The van der Waals surface area contributed by atoms with Crippen LogP contribution in [0.3, 0.4) is 0 Å². The van der Waals surface area contributed by atoms with Crippen molar-refractivity contribution in [3.8, 4) is 33.8 Å². The Morgan fingerprint density at radius 1 is 0.824 bits per heavy atom. The van der Waals surface area contributed by atoms with Gasteiger partial charge in [-0.25, -0.2) is 0 Å². The van der Waals surface area contributed by atoms with Crippen LogP contribution < -0.4 is 5.32 Å². The van der Waals surface area contributed by atoms with E-state index in [0.717, 1.165) is 61.3 Å². The average Bonchev–Trinajstić information content (AvgIpc) is 3.48. The zero-order valence-electron chi connectivity index (χ0n) is 19.0. The zero-order valence-corrected chi connectivity index (χ0v) is 19.0. The third-order valence-electron chi connectivity index (χ3n) is 5.95. The monoisotopic (exact) mass is 444 g/mol.